The molecule has 1 aromatic carbocycles. The lowest BCUT2D eigenvalue weighted by atomic mass is 10.1. The Morgan fingerprint density at radius 3 is 2.39 bits per heavy atom. The maximum atomic E-state index is 11.6. The van der Waals surface area contributed by atoms with Gasteiger partial charge in [-0.25, -0.2) is 0 Å². The number of aliphatic hydroxyl groups is 1. The van der Waals surface area contributed by atoms with Crippen molar-refractivity contribution in [3.8, 4) is 0 Å². The van der Waals surface area contributed by atoms with Gasteiger partial charge in [-0.1, -0.05) is 24.3 Å². The molecule has 2 rings (SSSR count). The van der Waals surface area contributed by atoms with Crippen molar-refractivity contribution < 1.29 is 19.8 Å². The summed E-state index contributed by atoms with van der Waals surface area (Å²) in [7, 11) is 0. The highest BCUT2D eigenvalue weighted by Gasteiger charge is 2.33. The highest BCUT2D eigenvalue weighted by atomic mass is 16.4. The van der Waals surface area contributed by atoms with Crippen LogP contribution in [0.25, 0.3) is 0 Å². The number of carbonyl (C=O) groups excluding carboxylic acids is 1. The maximum Gasteiger partial charge on any atom is 0.308 e. The van der Waals surface area contributed by atoms with Gasteiger partial charge in [-0.3, -0.25) is 9.59 Å². The standard InChI is InChI=1S/C13H15NO4/c15-8-10-3-1-9(2-4-10)6-14-7-11(13(17)18)5-12(14)16/h1-4,11,15H,5-8H2,(H,17,18). The number of carboxylic acid groups (broad SMARTS) is 1. The van der Waals surface area contributed by atoms with Gasteiger partial charge < -0.3 is 15.1 Å². The van der Waals surface area contributed by atoms with Crippen molar-refractivity contribution in [2.45, 2.75) is 19.6 Å². The van der Waals surface area contributed by atoms with E-state index in [9.17, 15) is 9.59 Å². The Hall–Kier alpha value is -1.88. The first kappa shape index (κ1) is 12.6. The van der Waals surface area contributed by atoms with E-state index in [0.717, 1.165) is 11.1 Å². The largest absolute Gasteiger partial charge is 0.481 e. The minimum absolute atomic E-state index is 0.00991. The molecule has 1 fully saturated rings. The fourth-order valence-corrected chi connectivity index (χ4v) is 2.06. The number of carbonyl (C=O) groups is 2. The molecule has 0 spiro atoms. The summed E-state index contributed by atoms with van der Waals surface area (Å²) in [5.74, 6) is -1.62. The molecular weight excluding hydrogens is 234 g/mol. The molecule has 0 aromatic heterocycles. The Morgan fingerprint density at radius 2 is 1.89 bits per heavy atom. The molecule has 0 radical (unpaired) electrons. The first-order valence-corrected chi connectivity index (χ1v) is 5.79. The van der Waals surface area contributed by atoms with E-state index < -0.39 is 11.9 Å². The van der Waals surface area contributed by atoms with Crippen LogP contribution in [0.2, 0.25) is 0 Å². The van der Waals surface area contributed by atoms with Crippen LogP contribution in [-0.2, 0) is 22.7 Å². The smallest absolute Gasteiger partial charge is 0.308 e. The molecule has 2 N–H and O–H groups in total. The number of nitrogens with zero attached hydrogens (tertiary/aromatic N) is 1. The first-order chi connectivity index (χ1) is 8.60. The van der Waals surface area contributed by atoms with Gasteiger partial charge in [0.25, 0.3) is 0 Å². The van der Waals surface area contributed by atoms with Crippen LogP contribution in [0, 0.1) is 5.92 Å². The lowest BCUT2D eigenvalue weighted by Crippen LogP contribution is -2.25. The first-order valence-electron chi connectivity index (χ1n) is 5.79. The number of aliphatic carboxylic acids is 1. The maximum absolute atomic E-state index is 11.6. The van der Waals surface area contributed by atoms with Gasteiger partial charge in [-0.2, -0.15) is 0 Å². The van der Waals surface area contributed by atoms with Crippen molar-refractivity contribution in [3.63, 3.8) is 0 Å². The molecule has 5 nitrogen and oxygen atoms in total. The molecule has 0 aliphatic carbocycles. The summed E-state index contributed by atoms with van der Waals surface area (Å²) in [5.41, 5.74) is 1.75. The van der Waals surface area contributed by atoms with Crippen LogP contribution in [0.4, 0.5) is 0 Å². The normalized spacial score (nSPS) is 19.3. The molecule has 1 aromatic rings. The van der Waals surface area contributed by atoms with Gasteiger partial charge >= 0.3 is 5.97 Å². The summed E-state index contributed by atoms with van der Waals surface area (Å²) in [4.78, 5) is 24.0. The Bertz CT molecular complexity index is 455. The second-order valence-corrected chi connectivity index (χ2v) is 4.49. The zero-order valence-electron chi connectivity index (χ0n) is 9.87. The molecule has 1 unspecified atom stereocenters. The summed E-state index contributed by atoms with van der Waals surface area (Å²) in [5, 5.41) is 17.8. The molecule has 1 aliphatic rings. The van der Waals surface area contributed by atoms with Crippen molar-refractivity contribution in [1.29, 1.82) is 0 Å². The second kappa shape index (κ2) is 5.18. The van der Waals surface area contributed by atoms with Gasteiger partial charge in [-0.15, -0.1) is 0 Å². The fraction of sp³-hybridized carbons (Fsp3) is 0.385. The quantitative estimate of drug-likeness (QED) is 0.819. The van der Waals surface area contributed by atoms with Crippen molar-refractivity contribution in [1.82, 2.24) is 4.90 Å². The van der Waals surface area contributed by atoms with Crippen molar-refractivity contribution in [2.75, 3.05) is 6.54 Å². The third-order valence-electron chi connectivity index (χ3n) is 3.14. The number of hydrogen-bond acceptors (Lipinski definition) is 3. The van der Waals surface area contributed by atoms with Gasteiger partial charge in [0, 0.05) is 19.5 Å². The van der Waals surface area contributed by atoms with E-state index in [4.69, 9.17) is 10.2 Å². The molecule has 1 amide bonds. The average Bonchev–Trinajstić information content (AvgIpc) is 2.72. The summed E-state index contributed by atoms with van der Waals surface area (Å²) in [6.45, 7) is 0.689. The molecule has 1 saturated heterocycles. The Balaban J connectivity index is 2.01. The molecule has 0 bridgehead atoms. The zero-order chi connectivity index (χ0) is 13.1. The second-order valence-electron chi connectivity index (χ2n) is 4.49. The lowest BCUT2D eigenvalue weighted by molar-refractivity contribution is -0.141. The van der Waals surface area contributed by atoms with E-state index in [-0.39, 0.29) is 25.5 Å². The fourth-order valence-electron chi connectivity index (χ4n) is 2.06. The van der Waals surface area contributed by atoms with Crippen LogP contribution in [0.15, 0.2) is 24.3 Å². The molecule has 1 aliphatic heterocycles. The van der Waals surface area contributed by atoms with E-state index in [2.05, 4.69) is 0 Å². The number of aliphatic hydroxyl groups excluding tert-OH is 1. The summed E-state index contributed by atoms with van der Waals surface area (Å²) >= 11 is 0. The van der Waals surface area contributed by atoms with Crippen LogP contribution >= 0.6 is 0 Å². The number of amides is 1. The predicted octanol–water partition coefficient (Wildman–Crippen LogP) is 0.612. The SMILES string of the molecule is O=C(O)C1CC(=O)N(Cc2ccc(CO)cc2)C1. The Labute approximate surface area is 105 Å². The zero-order valence-corrected chi connectivity index (χ0v) is 9.87. The monoisotopic (exact) mass is 249 g/mol. The average molecular weight is 249 g/mol. The van der Waals surface area contributed by atoms with E-state index in [1.807, 2.05) is 12.1 Å². The summed E-state index contributed by atoms with van der Waals surface area (Å²) in [6.07, 6.45) is 0.0874. The molecule has 1 heterocycles. The summed E-state index contributed by atoms with van der Waals surface area (Å²) in [6, 6.07) is 7.27. The number of hydrogen-bond donors (Lipinski definition) is 2. The third-order valence-corrected chi connectivity index (χ3v) is 3.14. The third kappa shape index (κ3) is 2.68. The van der Waals surface area contributed by atoms with Crippen LogP contribution in [0.5, 0.6) is 0 Å². The molecule has 1 atom stereocenters. The lowest BCUT2D eigenvalue weighted by Gasteiger charge is -2.16. The van der Waals surface area contributed by atoms with E-state index in [1.165, 1.54) is 0 Å². The van der Waals surface area contributed by atoms with Crippen molar-refractivity contribution >= 4 is 11.9 Å². The number of likely N-dealkylation sites (tertiary alicyclic amines) is 1. The molecule has 96 valence electrons. The van der Waals surface area contributed by atoms with Gasteiger partial charge in [0.1, 0.15) is 0 Å². The van der Waals surface area contributed by atoms with E-state index in [0.29, 0.717) is 6.54 Å². The number of carboxylic acids is 1. The molecular formula is C13H15NO4. The van der Waals surface area contributed by atoms with E-state index in [1.54, 1.807) is 17.0 Å². The minimum Gasteiger partial charge on any atom is -0.481 e. The van der Waals surface area contributed by atoms with Crippen LogP contribution in [0.3, 0.4) is 0 Å². The van der Waals surface area contributed by atoms with Gasteiger partial charge in [0.2, 0.25) is 5.91 Å². The van der Waals surface area contributed by atoms with Gasteiger partial charge in [0.05, 0.1) is 12.5 Å². The Morgan fingerprint density at radius 1 is 1.28 bits per heavy atom. The number of benzene rings is 1. The van der Waals surface area contributed by atoms with Crippen LogP contribution in [0.1, 0.15) is 17.5 Å². The predicted molar refractivity (Wildman–Crippen MR) is 63.5 cm³/mol. The van der Waals surface area contributed by atoms with Crippen LogP contribution in [-0.4, -0.2) is 33.5 Å². The van der Waals surface area contributed by atoms with Gasteiger partial charge in [0.15, 0.2) is 0 Å². The van der Waals surface area contributed by atoms with E-state index >= 15 is 0 Å². The van der Waals surface area contributed by atoms with Gasteiger partial charge in [-0.05, 0) is 11.1 Å². The molecule has 5 heteroatoms. The topological polar surface area (TPSA) is 77.8 Å². The molecule has 0 saturated carbocycles. The van der Waals surface area contributed by atoms with Crippen molar-refractivity contribution in [3.05, 3.63) is 35.4 Å². The Kier molecular flexibility index (Phi) is 3.62. The highest BCUT2D eigenvalue weighted by Crippen LogP contribution is 2.20. The summed E-state index contributed by atoms with van der Waals surface area (Å²) < 4.78 is 0. The number of rotatable bonds is 4. The van der Waals surface area contributed by atoms with Crippen molar-refractivity contribution in [2.24, 2.45) is 5.92 Å². The highest BCUT2D eigenvalue weighted by molar-refractivity contribution is 5.86. The van der Waals surface area contributed by atoms with Crippen LogP contribution < -0.4 is 0 Å². The minimum atomic E-state index is -0.915. The molecule has 18 heavy (non-hydrogen) atoms.